The molecule has 3 aromatic carbocycles. The zero-order valence-electron chi connectivity index (χ0n) is 15.8. The van der Waals surface area contributed by atoms with Crippen molar-refractivity contribution < 1.29 is 14.3 Å². The normalized spacial score (nSPS) is 13.2. The van der Waals surface area contributed by atoms with Gasteiger partial charge in [-0.3, -0.25) is 0 Å². The average molecular weight is 404 g/mol. The van der Waals surface area contributed by atoms with Gasteiger partial charge in [-0.25, -0.2) is 4.79 Å². The lowest BCUT2D eigenvalue weighted by atomic mass is 10.1. The Hall–Kier alpha value is -3.05. The quantitative estimate of drug-likeness (QED) is 0.433. The van der Waals surface area contributed by atoms with E-state index in [0.29, 0.717) is 5.75 Å². The molecule has 1 atom stereocenters. The number of ether oxygens (including phenoxy) is 1. The van der Waals surface area contributed by atoms with Crippen molar-refractivity contribution in [3.05, 3.63) is 90.0 Å². The van der Waals surface area contributed by atoms with Gasteiger partial charge < -0.3 is 14.8 Å². The SMILES string of the molecule is O=CC[C@H](CSc1ccccc1)NC(=O)OC1c2ccccc2-c2ccccc21. The van der Waals surface area contributed by atoms with Crippen molar-refractivity contribution >= 4 is 24.1 Å². The van der Waals surface area contributed by atoms with Gasteiger partial charge in [0.15, 0.2) is 6.10 Å². The first-order chi connectivity index (χ1) is 14.3. The van der Waals surface area contributed by atoms with Crippen molar-refractivity contribution in [1.82, 2.24) is 5.32 Å². The molecule has 0 heterocycles. The van der Waals surface area contributed by atoms with Crippen LogP contribution < -0.4 is 5.32 Å². The van der Waals surface area contributed by atoms with Crippen molar-refractivity contribution in [3.63, 3.8) is 0 Å². The Balaban J connectivity index is 1.45. The molecule has 0 fully saturated rings. The molecule has 29 heavy (non-hydrogen) atoms. The number of benzene rings is 3. The summed E-state index contributed by atoms with van der Waals surface area (Å²) in [5, 5.41) is 2.86. The van der Waals surface area contributed by atoms with Crippen LogP contribution in [0.1, 0.15) is 23.7 Å². The monoisotopic (exact) mass is 403 g/mol. The molecule has 0 unspecified atom stereocenters. The summed E-state index contributed by atoms with van der Waals surface area (Å²) in [6.07, 6.45) is 0.117. The van der Waals surface area contributed by atoms with E-state index in [1.807, 2.05) is 78.9 Å². The van der Waals surface area contributed by atoms with Gasteiger partial charge in [0.1, 0.15) is 6.29 Å². The second kappa shape index (κ2) is 8.97. The Morgan fingerprint density at radius 1 is 0.931 bits per heavy atom. The molecule has 4 rings (SSSR count). The van der Waals surface area contributed by atoms with E-state index in [0.717, 1.165) is 33.4 Å². The molecule has 0 radical (unpaired) electrons. The Labute approximate surface area is 174 Å². The fourth-order valence-electron chi connectivity index (χ4n) is 3.54. The second-order valence-electron chi connectivity index (χ2n) is 6.83. The minimum absolute atomic E-state index is 0.243. The molecule has 146 valence electrons. The average Bonchev–Trinajstić information content (AvgIpc) is 3.07. The van der Waals surface area contributed by atoms with Crippen molar-refractivity contribution in [2.75, 3.05) is 5.75 Å². The lowest BCUT2D eigenvalue weighted by Crippen LogP contribution is -2.38. The van der Waals surface area contributed by atoms with Gasteiger partial charge in [-0.05, 0) is 23.3 Å². The van der Waals surface area contributed by atoms with Crippen molar-refractivity contribution in [1.29, 1.82) is 0 Å². The van der Waals surface area contributed by atoms with Crippen LogP contribution in [0.5, 0.6) is 0 Å². The van der Waals surface area contributed by atoms with Gasteiger partial charge in [0.05, 0.1) is 0 Å². The highest BCUT2D eigenvalue weighted by Gasteiger charge is 2.31. The largest absolute Gasteiger partial charge is 0.436 e. The number of rotatable bonds is 7. The first kappa shape index (κ1) is 19.3. The van der Waals surface area contributed by atoms with Crippen molar-refractivity contribution in [2.45, 2.75) is 23.5 Å². The van der Waals surface area contributed by atoms with Crippen LogP contribution in [-0.2, 0) is 9.53 Å². The number of alkyl carbamates (subject to hydrolysis) is 1. The third-order valence-electron chi connectivity index (χ3n) is 4.90. The number of nitrogens with one attached hydrogen (secondary N) is 1. The summed E-state index contributed by atoms with van der Waals surface area (Å²) in [7, 11) is 0. The van der Waals surface area contributed by atoms with E-state index in [4.69, 9.17) is 4.74 Å². The Morgan fingerprint density at radius 2 is 1.52 bits per heavy atom. The van der Waals surface area contributed by atoms with Gasteiger partial charge in [-0.2, -0.15) is 0 Å². The maximum atomic E-state index is 12.7. The van der Waals surface area contributed by atoms with Crippen LogP contribution in [0.15, 0.2) is 83.8 Å². The molecule has 0 saturated carbocycles. The summed E-state index contributed by atoms with van der Waals surface area (Å²) < 4.78 is 5.82. The minimum atomic E-state index is -0.512. The number of hydrogen-bond donors (Lipinski definition) is 1. The van der Waals surface area contributed by atoms with E-state index in [-0.39, 0.29) is 12.5 Å². The number of carbonyl (C=O) groups excluding carboxylic acids is 2. The predicted molar refractivity (Wildman–Crippen MR) is 115 cm³/mol. The number of aldehydes is 1. The summed E-state index contributed by atoms with van der Waals surface area (Å²) in [4.78, 5) is 24.8. The lowest BCUT2D eigenvalue weighted by Gasteiger charge is -2.19. The zero-order chi connectivity index (χ0) is 20.1. The van der Waals surface area contributed by atoms with Crippen LogP contribution in [-0.4, -0.2) is 24.2 Å². The molecular weight excluding hydrogens is 382 g/mol. The van der Waals surface area contributed by atoms with E-state index >= 15 is 0 Å². The van der Waals surface area contributed by atoms with Crippen molar-refractivity contribution in [2.24, 2.45) is 0 Å². The first-order valence-corrected chi connectivity index (χ1v) is 10.5. The summed E-state index contributed by atoms with van der Waals surface area (Å²) in [6, 6.07) is 25.5. The second-order valence-corrected chi connectivity index (χ2v) is 7.92. The first-order valence-electron chi connectivity index (χ1n) is 9.53. The van der Waals surface area contributed by atoms with Gasteiger partial charge in [0.25, 0.3) is 0 Å². The Kier molecular flexibility index (Phi) is 5.96. The molecule has 1 aliphatic carbocycles. The van der Waals surface area contributed by atoms with Crippen LogP contribution in [0, 0.1) is 0 Å². The number of amides is 1. The topological polar surface area (TPSA) is 55.4 Å². The molecular formula is C24H21NO3S. The molecule has 0 saturated heterocycles. The van der Waals surface area contributed by atoms with Crippen LogP contribution in [0.25, 0.3) is 11.1 Å². The van der Waals surface area contributed by atoms with Gasteiger partial charge in [-0.1, -0.05) is 66.7 Å². The van der Waals surface area contributed by atoms with Crippen LogP contribution in [0.2, 0.25) is 0 Å². The number of thioether (sulfide) groups is 1. The fourth-order valence-corrected chi connectivity index (χ4v) is 4.51. The van der Waals surface area contributed by atoms with Gasteiger partial charge in [0, 0.05) is 34.2 Å². The smallest absolute Gasteiger partial charge is 0.408 e. The van der Waals surface area contributed by atoms with E-state index < -0.39 is 12.2 Å². The maximum Gasteiger partial charge on any atom is 0.408 e. The van der Waals surface area contributed by atoms with E-state index in [1.54, 1.807) is 11.8 Å². The molecule has 1 aliphatic rings. The maximum absolute atomic E-state index is 12.7. The molecule has 0 aliphatic heterocycles. The lowest BCUT2D eigenvalue weighted by molar-refractivity contribution is -0.108. The highest BCUT2D eigenvalue weighted by molar-refractivity contribution is 7.99. The summed E-state index contributed by atoms with van der Waals surface area (Å²) in [5.41, 5.74) is 4.14. The number of carbonyl (C=O) groups is 2. The standard InChI is InChI=1S/C24H21NO3S/c26-15-14-17(16-29-18-8-2-1-3-9-18)25-24(27)28-23-21-12-6-4-10-19(21)20-11-5-7-13-22(20)23/h1-13,15,17,23H,14,16H2,(H,25,27)/t17-/m1/s1. The van der Waals surface area contributed by atoms with Crippen molar-refractivity contribution in [3.8, 4) is 11.1 Å². The van der Waals surface area contributed by atoms with Gasteiger partial charge >= 0.3 is 6.09 Å². The third-order valence-corrected chi connectivity index (χ3v) is 6.07. The Morgan fingerprint density at radius 3 is 2.14 bits per heavy atom. The summed E-state index contributed by atoms with van der Waals surface area (Å²) in [5.74, 6) is 0.593. The van der Waals surface area contributed by atoms with Crippen LogP contribution in [0.3, 0.4) is 0 Å². The van der Waals surface area contributed by atoms with Gasteiger partial charge in [0.2, 0.25) is 0 Å². The summed E-state index contributed by atoms with van der Waals surface area (Å²) in [6.45, 7) is 0. The molecule has 1 N–H and O–H groups in total. The molecule has 3 aromatic rings. The molecule has 5 heteroatoms. The predicted octanol–water partition coefficient (Wildman–Crippen LogP) is 5.23. The van der Waals surface area contributed by atoms with E-state index in [9.17, 15) is 9.59 Å². The highest BCUT2D eigenvalue weighted by Crippen LogP contribution is 2.45. The zero-order valence-corrected chi connectivity index (χ0v) is 16.6. The third kappa shape index (κ3) is 4.35. The number of hydrogen-bond acceptors (Lipinski definition) is 4. The van der Waals surface area contributed by atoms with E-state index in [2.05, 4.69) is 5.32 Å². The highest BCUT2D eigenvalue weighted by atomic mass is 32.2. The summed E-state index contributed by atoms with van der Waals surface area (Å²) >= 11 is 1.60. The molecule has 0 aromatic heterocycles. The van der Waals surface area contributed by atoms with Crippen LogP contribution >= 0.6 is 11.8 Å². The van der Waals surface area contributed by atoms with Gasteiger partial charge in [-0.15, -0.1) is 11.8 Å². The molecule has 0 spiro atoms. The minimum Gasteiger partial charge on any atom is -0.436 e. The fraction of sp³-hybridized carbons (Fsp3) is 0.167. The number of fused-ring (bicyclic) bond motifs is 3. The van der Waals surface area contributed by atoms with Crippen LogP contribution in [0.4, 0.5) is 4.79 Å². The molecule has 0 bridgehead atoms. The van der Waals surface area contributed by atoms with E-state index in [1.165, 1.54) is 0 Å². The molecule has 4 nitrogen and oxygen atoms in total. The molecule has 1 amide bonds. The Bertz CT molecular complexity index is 960.